The number of amides is 1. The van der Waals surface area contributed by atoms with Crippen LogP contribution in [0.5, 0.6) is 0 Å². The summed E-state index contributed by atoms with van der Waals surface area (Å²) in [6, 6.07) is 12.6. The number of hydrogen-bond donors (Lipinski definition) is 2. The molecule has 0 spiro atoms. The van der Waals surface area contributed by atoms with Gasteiger partial charge in [0.2, 0.25) is 0 Å². The molecule has 116 valence electrons. The fraction of sp³-hybridized carbons (Fsp3) is 0.0625. The van der Waals surface area contributed by atoms with E-state index in [1.807, 2.05) is 24.3 Å². The van der Waals surface area contributed by atoms with Gasteiger partial charge in [-0.2, -0.15) is 5.26 Å². The zero-order valence-corrected chi connectivity index (χ0v) is 14.2. The minimum Gasteiger partial charge on any atom is -0.347 e. The van der Waals surface area contributed by atoms with Crippen LogP contribution >= 0.6 is 27.5 Å². The Bertz CT molecular complexity index is 768. The van der Waals surface area contributed by atoms with Crippen LogP contribution in [0.4, 0.5) is 5.82 Å². The monoisotopic (exact) mass is 390 g/mol. The van der Waals surface area contributed by atoms with Gasteiger partial charge in [0.1, 0.15) is 17.5 Å². The van der Waals surface area contributed by atoms with Crippen LogP contribution in [-0.4, -0.2) is 10.9 Å². The number of nitriles is 1. The summed E-state index contributed by atoms with van der Waals surface area (Å²) in [5, 5.41) is 15.1. The van der Waals surface area contributed by atoms with Crippen molar-refractivity contribution in [3.05, 3.63) is 69.4 Å². The Hall–Kier alpha value is -2.36. The lowest BCUT2D eigenvalue weighted by Crippen LogP contribution is -2.24. The summed E-state index contributed by atoms with van der Waals surface area (Å²) in [7, 11) is 0. The molecule has 0 unspecified atom stereocenters. The fourth-order valence-corrected chi connectivity index (χ4v) is 2.11. The lowest BCUT2D eigenvalue weighted by Gasteiger charge is -2.06. The first kappa shape index (κ1) is 17.0. The van der Waals surface area contributed by atoms with Gasteiger partial charge in [0, 0.05) is 28.4 Å². The van der Waals surface area contributed by atoms with E-state index >= 15 is 0 Å². The van der Waals surface area contributed by atoms with E-state index < -0.39 is 5.91 Å². The standard InChI is InChI=1S/C16H12BrClN4O/c17-13-5-6-15(21-10-13)20-9-12(7-19)16(23)22-8-11-3-1-2-4-14(11)18/h1-6,9-10H,8H2,(H,20,21)(H,22,23)/b12-9-. The first-order chi connectivity index (χ1) is 11.1. The first-order valence-corrected chi connectivity index (χ1v) is 7.77. The molecule has 1 heterocycles. The van der Waals surface area contributed by atoms with Crippen LogP contribution in [0.15, 0.2) is 58.8 Å². The molecule has 2 N–H and O–H groups in total. The topological polar surface area (TPSA) is 77.8 Å². The number of nitrogens with one attached hydrogen (secondary N) is 2. The second-order valence-electron chi connectivity index (χ2n) is 4.45. The molecule has 23 heavy (non-hydrogen) atoms. The molecule has 0 aliphatic heterocycles. The molecule has 0 aliphatic carbocycles. The van der Waals surface area contributed by atoms with Crippen molar-refractivity contribution in [1.82, 2.24) is 10.3 Å². The molecule has 0 aliphatic rings. The quantitative estimate of drug-likeness (QED) is 0.602. The maximum atomic E-state index is 12.0. The molecule has 1 aromatic heterocycles. The van der Waals surface area contributed by atoms with Crippen molar-refractivity contribution in [3.8, 4) is 6.07 Å². The van der Waals surface area contributed by atoms with Gasteiger partial charge in [0.15, 0.2) is 0 Å². The number of carbonyl (C=O) groups excluding carboxylic acids is 1. The van der Waals surface area contributed by atoms with E-state index in [0.29, 0.717) is 10.8 Å². The van der Waals surface area contributed by atoms with Gasteiger partial charge < -0.3 is 10.6 Å². The lowest BCUT2D eigenvalue weighted by atomic mass is 10.2. The van der Waals surface area contributed by atoms with Crippen LogP contribution in [0.2, 0.25) is 5.02 Å². The second-order valence-corrected chi connectivity index (χ2v) is 5.77. The SMILES string of the molecule is N#C/C(=C/Nc1ccc(Br)cn1)C(=O)NCc1ccccc1Cl. The summed E-state index contributed by atoms with van der Waals surface area (Å²) >= 11 is 9.30. The minimum atomic E-state index is -0.489. The summed E-state index contributed by atoms with van der Waals surface area (Å²) in [6.07, 6.45) is 2.93. The maximum absolute atomic E-state index is 12.0. The maximum Gasteiger partial charge on any atom is 0.263 e. The number of nitrogens with zero attached hydrogens (tertiary/aromatic N) is 2. The predicted octanol–water partition coefficient (Wildman–Crippen LogP) is 3.63. The third-order valence-corrected chi connectivity index (χ3v) is 3.69. The molecule has 0 bridgehead atoms. The number of halogens is 2. The summed E-state index contributed by atoms with van der Waals surface area (Å²) < 4.78 is 0.838. The average molecular weight is 392 g/mol. The zero-order chi connectivity index (χ0) is 16.7. The summed E-state index contributed by atoms with van der Waals surface area (Å²) in [5.74, 6) is 0.0388. The Morgan fingerprint density at radius 2 is 2.13 bits per heavy atom. The highest BCUT2D eigenvalue weighted by molar-refractivity contribution is 9.10. The Balaban J connectivity index is 1.98. The smallest absolute Gasteiger partial charge is 0.263 e. The van der Waals surface area contributed by atoms with Crippen molar-refractivity contribution in [2.24, 2.45) is 0 Å². The van der Waals surface area contributed by atoms with Gasteiger partial charge in [-0.3, -0.25) is 4.79 Å². The van der Waals surface area contributed by atoms with Crippen LogP contribution in [0.3, 0.4) is 0 Å². The molecule has 7 heteroatoms. The molecular weight excluding hydrogens is 380 g/mol. The minimum absolute atomic E-state index is 0.0539. The predicted molar refractivity (Wildman–Crippen MR) is 92.6 cm³/mol. The van der Waals surface area contributed by atoms with Crippen molar-refractivity contribution in [2.75, 3.05) is 5.32 Å². The van der Waals surface area contributed by atoms with E-state index in [-0.39, 0.29) is 12.1 Å². The van der Waals surface area contributed by atoms with Gasteiger partial charge in [-0.25, -0.2) is 4.98 Å². The highest BCUT2D eigenvalue weighted by Gasteiger charge is 2.09. The Labute approximate surface area is 147 Å². The van der Waals surface area contributed by atoms with Crippen LogP contribution in [0.1, 0.15) is 5.56 Å². The molecule has 2 rings (SSSR count). The van der Waals surface area contributed by atoms with Crippen molar-refractivity contribution < 1.29 is 4.79 Å². The lowest BCUT2D eigenvalue weighted by molar-refractivity contribution is -0.117. The fourth-order valence-electron chi connectivity index (χ4n) is 1.67. The third kappa shape index (κ3) is 5.09. The molecule has 0 atom stereocenters. The van der Waals surface area contributed by atoms with Crippen molar-refractivity contribution >= 4 is 39.3 Å². The Morgan fingerprint density at radius 1 is 1.35 bits per heavy atom. The van der Waals surface area contributed by atoms with Gasteiger partial charge in [0.05, 0.1) is 0 Å². The highest BCUT2D eigenvalue weighted by Crippen LogP contribution is 2.14. The molecule has 2 aromatic rings. The van der Waals surface area contributed by atoms with Crippen molar-refractivity contribution in [1.29, 1.82) is 5.26 Å². The molecule has 0 saturated carbocycles. The third-order valence-electron chi connectivity index (χ3n) is 2.85. The largest absolute Gasteiger partial charge is 0.347 e. The normalized spacial score (nSPS) is 10.7. The molecule has 0 radical (unpaired) electrons. The summed E-state index contributed by atoms with van der Waals surface area (Å²) in [5.41, 5.74) is 0.726. The van der Waals surface area contributed by atoms with Gasteiger partial charge in [-0.15, -0.1) is 0 Å². The van der Waals surface area contributed by atoms with Crippen LogP contribution in [0, 0.1) is 11.3 Å². The molecule has 5 nitrogen and oxygen atoms in total. The Kier molecular flexibility index (Phi) is 6.15. The van der Waals surface area contributed by atoms with E-state index in [1.54, 1.807) is 24.4 Å². The second kappa shape index (κ2) is 8.32. The van der Waals surface area contributed by atoms with Gasteiger partial charge >= 0.3 is 0 Å². The molecule has 0 saturated heterocycles. The first-order valence-electron chi connectivity index (χ1n) is 6.60. The van der Waals surface area contributed by atoms with E-state index in [0.717, 1.165) is 10.0 Å². The van der Waals surface area contributed by atoms with Gasteiger partial charge in [0.25, 0.3) is 5.91 Å². The van der Waals surface area contributed by atoms with Crippen molar-refractivity contribution in [3.63, 3.8) is 0 Å². The Morgan fingerprint density at radius 3 is 2.78 bits per heavy atom. The van der Waals surface area contributed by atoms with E-state index in [4.69, 9.17) is 16.9 Å². The number of rotatable bonds is 5. The summed E-state index contributed by atoms with van der Waals surface area (Å²) in [4.78, 5) is 16.1. The molecule has 0 fully saturated rings. The van der Waals surface area contributed by atoms with Gasteiger partial charge in [-0.05, 0) is 39.7 Å². The van der Waals surface area contributed by atoms with E-state index in [2.05, 4.69) is 31.5 Å². The zero-order valence-electron chi connectivity index (χ0n) is 11.9. The van der Waals surface area contributed by atoms with E-state index in [9.17, 15) is 4.79 Å². The van der Waals surface area contributed by atoms with Crippen molar-refractivity contribution in [2.45, 2.75) is 6.54 Å². The number of aromatic nitrogens is 1. The van der Waals surface area contributed by atoms with Crippen LogP contribution in [0.25, 0.3) is 0 Å². The molecular formula is C16H12BrClN4O. The average Bonchev–Trinajstić information content (AvgIpc) is 2.56. The van der Waals surface area contributed by atoms with Crippen LogP contribution in [-0.2, 0) is 11.3 Å². The number of pyridine rings is 1. The van der Waals surface area contributed by atoms with Crippen LogP contribution < -0.4 is 10.6 Å². The molecule has 1 amide bonds. The number of hydrogen-bond acceptors (Lipinski definition) is 4. The number of anilines is 1. The van der Waals surface area contributed by atoms with Gasteiger partial charge in [-0.1, -0.05) is 29.8 Å². The number of carbonyl (C=O) groups is 1. The highest BCUT2D eigenvalue weighted by atomic mass is 79.9. The van der Waals surface area contributed by atoms with E-state index in [1.165, 1.54) is 6.20 Å². The summed E-state index contributed by atoms with van der Waals surface area (Å²) in [6.45, 7) is 0.244. The number of benzene rings is 1. The molecule has 1 aromatic carbocycles.